The van der Waals surface area contributed by atoms with E-state index in [1.807, 2.05) is 13.0 Å². The molecule has 2 rings (SSSR count). The van der Waals surface area contributed by atoms with Gasteiger partial charge in [0.1, 0.15) is 11.6 Å². The van der Waals surface area contributed by atoms with Gasteiger partial charge in [-0.15, -0.1) is 11.3 Å². The van der Waals surface area contributed by atoms with E-state index in [-0.39, 0.29) is 36.6 Å². The minimum atomic E-state index is -0.685. The minimum Gasteiger partial charge on any atom is -0.341 e. The fraction of sp³-hybridized carbons (Fsp3) is 0.294. The smallest absolute Gasteiger partial charge is 0.223 e. The molecule has 0 atom stereocenters. The molecule has 2 aromatic rings. The molecule has 1 aromatic heterocycles. The summed E-state index contributed by atoms with van der Waals surface area (Å²) in [6.45, 7) is 1.95. The van der Waals surface area contributed by atoms with Crippen LogP contribution >= 0.6 is 11.3 Å². The molecule has 0 bridgehead atoms. The van der Waals surface area contributed by atoms with Crippen LogP contribution in [0.4, 0.5) is 8.78 Å². The predicted octanol–water partition coefficient (Wildman–Crippen LogP) is 3.96. The number of ketones is 1. The Morgan fingerprint density at radius 2 is 1.87 bits per heavy atom. The Morgan fingerprint density at radius 3 is 2.48 bits per heavy atom. The summed E-state index contributed by atoms with van der Waals surface area (Å²) in [6.07, 6.45) is 0.185. The second-order valence-electron chi connectivity index (χ2n) is 5.32. The van der Waals surface area contributed by atoms with E-state index in [1.54, 1.807) is 6.07 Å². The van der Waals surface area contributed by atoms with Crippen molar-refractivity contribution in [2.45, 2.75) is 26.3 Å². The molecule has 1 aromatic carbocycles. The molecule has 0 aliphatic heterocycles. The van der Waals surface area contributed by atoms with Gasteiger partial charge in [0.05, 0.1) is 4.88 Å². The Kier molecular flexibility index (Phi) is 5.60. The molecule has 0 aliphatic carbocycles. The van der Waals surface area contributed by atoms with Crippen molar-refractivity contribution in [3.05, 3.63) is 57.3 Å². The number of halogens is 2. The van der Waals surface area contributed by atoms with Gasteiger partial charge in [0.2, 0.25) is 5.91 Å². The van der Waals surface area contributed by atoms with Crippen LogP contribution in [0.25, 0.3) is 0 Å². The molecule has 0 saturated heterocycles. The normalized spacial score (nSPS) is 10.6. The summed E-state index contributed by atoms with van der Waals surface area (Å²) in [6, 6.07) is 6.87. The van der Waals surface area contributed by atoms with E-state index < -0.39 is 11.6 Å². The largest absolute Gasteiger partial charge is 0.341 e. The Morgan fingerprint density at radius 1 is 1.13 bits per heavy atom. The highest BCUT2D eigenvalue weighted by atomic mass is 32.1. The summed E-state index contributed by atoms with van der Waals surface area (Å²) in [5.41, 5.74) is 0.238. The summed E-state index contributed by atoms with van der Waals surface area (Å²) >= 11 is 1.40. The highest BCUT2D eigenvalue weighted by Crippen LogP contribution is 2.18. The van der Waals surface area contributed by atoms with E-state index in [0.717, 1.165) is 17.0 Å². The summed E-state index contributed by atoms with van der Waals surface area (Å²) in [4.78, 5) is 27.0. The van der Waals surface area contributed by atoms with Crippen LogP contribution in [0.1, 0.15) is 33.0 Å². The van der Waals surface area contributed by atoms with Crippen LogP contribution in [0.15, 0.2) is 30.3 Å². The van der Waals surface area contributed by atoms with Crippen LogP contribution < -0.4 is 0 Å². The number of nitrogens with zero attached hydrogens (tertiary/aromatic N) is 1. The van der Waals surface area contributed by atoms with Crippen LogP contribution in [0, 0.1) is 18.6 Å². The molecule has 6 heteroatoms. The lowest BCUT2D eigenvalue weighted by Gasteiger charge is -2.17. The Hall–Kier alpha value is -2.08. The Labute approximate surface area is 137 Å². The average Bonchev–Trinajstić information content (AvgIpc) is 2.93. The zero-order valence-electron chi connectivity index (χ0n) is 12.9. The number of rotatable bonds is 6. The molecule has 1 heterocycles. The third-order valence-corrected chi connectivity index (χ3v) is 4.47. The fourth-order valence-corrected chi connectivity index (χ4v) is 2.95. The van der Waals surface area contributed by atoms with Crippen molar-refractivity contribution in [1.82, 2.24) is 4.90 Å². The lowest BCUT2D eigenvalue weighted by molar-refractivity contribution is -0.130. The highest BCUT2D eigenvalue weighted by molar-refractivity contribution is 7.14. The van der Waals surface area contributed by atoms with Gasteiger partial charge < -0.3 is 4.90 Å². The highest BCUT2D eigenvalue weighted by Gasteiger charge is 2.15. The van der Waals surface area contributed by atoms with Crippen molar-refractivity contribution in [2.75, 3.05) is 7.05 Å². The average molecular weight is 337 g/mol. The monoisotopic (exact) mass is 337 g/mol. The van der Waals surface area contributed by atoms with Gasteiger partial charge in [-0.1, -0.05) is 6.07 Å². The summed E-state index contributed by atoms with van der Waals surface area (Å²) in [7, 11) is 1.53. The number of hydrogen-bond acceptors (Lipinski definition) is 3. The first-order chi connectivity index (χ1) is 10.9. The predicted molar refractivity (Wildman–Crippen MR) is 85.5 cm³/mol. The van der Waals surface area contributed by atoms with E-state index in [2.05, 4.69) is 0 Å². The van der Waals surface area contributed by atoms with Crippen molar-refractivity contribution < 1.29 is 18.4 Å². The molecule has 23 heavy (non-hydrogen) atoms. The van der Waals surface area contributed by atoms with Crippen LogP contribution in [0.3, 0.4) is 0 Å². The number of carbonyl (C=O) groups is 2. The van der Waals surface area contributed by atoms with Gasteiger partial charge in [-0.3, -0.25) is 9.59 Å². The third-order valence-electron chi connectivity index (χ3n) is 3.43. The van der Waals surface area contributed by atoms with Crippen LogP contribution in [0.5, 0.6) is 0 Å². The number of benzene rings is 1. The zero-order chi connectivity index (χ0) is 17.0. The van der Waals surface area contributed by atoms with Crippen molar-refractivity contribution >= 4 is 23.0 Å². The maximum atomic E-state index is 13.6. The summed E-state index contributed by atoms with van der Waals surface area (Å²) in [5.74, 6) is -1.67. The fourth-order valence-electron chi connectivity index (χ4n) is 2.11. The lowest BCUT2D eigenvalue weighted by atomic mass is 10.1. The molecule has 3 nitrogen and oxygen atoms in total. The first-order valence-electron chi connectivity index (χ1n) is 7.14. The van der Waals surface area contributed by atoms with Gasteiger partial charge in [-0.2, -0.15) is 0 Å². The molecule has 0 radical (unpaired) electrons. The van der Waals surface area contributed by atoms with Crippen LogP contribution in [-0.2, 0) is 11.3 Å². The molecule has 0 aliphatic rings. The number of thiophene rings is 1. The van der Waals surface area contributed by atoms with Crippen molar-refractivity contribution in [3.63, 3.8) is 0 Å². The molecule has 0 saturated carbocycles. The van der Waals surface area contributed by atoms with E-state index in [9.17, 15) is 18.4 Å². The molecule has 0 N–H and O–H groups in total. The van der Waals surface area contributed by atoms with E-state index >= 15 is 0 Å². The molecular formula is C17H17F2NO2S. The van der Waals surface area contributed by atoms with E-state index in [1.165, 1.54) is 29.4 Å². The Bertz CT molecular complexity index is 727. The minimum absolute atomic E-state index is 0.0389. The van der Waals surface area contributed by atoms with Crippen molar-refractivity contribution in [2.24, 2.45) is 0 Å². The molecule has 0 unspecified atom stereocenters. The first kappa shape index (κ1) is 17.3. The number of Topliss-reactive ketones (excluding diaryl/α,β-unsaturated/α-hetero) is 1. The second kappa shape index (κ2) is 7.46. The van der Waals surface area contributed by atoms with Crippen molar-refractivity contribution in [1.29, 1.82) is 0 Å². The van der Waals surface area contributed by atoms with Gasteiger partial charge >= 0.3 is 0 Å². The summed E-state index contributed by atoms with van der Waals surface area (Å²) in [5, 5.41) is 0. The number of carbonyl (C=O) groups excluding carboxylic acids is 2. The molecular weight excluding hydrogens is 320 g/mol. The topological polar surface area (TPSA) is 37.4 Å². The van der Waals surface area contributed by atoms with Gasteiger partial charge in [0, 0.05) is 42.9 Å². The quantitative estimate of drug-likeness (QED) is 0.748. The maximum Gasteiger partial charge on any atom is 0.223 e. The second-order valence-corrected chi connectivity index (χ2v) is 6.61. The van der Waals surface area contributed by atoms with E-state index in [4.69, 9.17) is 0 Å². The molecule has 1 amide bonds. The van der Waals surface area contributed by atoms with Crippen molar-refractivity contribution in [3.8, 4) is 0 Å². The number of hydrogen-bond donors (Lipinski definition) is 0. The molecule has 0 spiro atoms. The van der Waals surface area contributed by atoms with Gasteiger partial charge in [-0.05, 0) is 25.1 Å². The Balaban J connectivity index is 1.88. The van der Waals surface area contributed by atoms with Gasteiger partial charge in [0.15, 0.2) is 5.78 Å². The van der Waals surface area contributed by atoms with Gasteiger partial charge in [-0.25, -0.2) is 8.78 Å². The molecule has 122 valence electrons. The zero-order valence-corrected chi connectivity index (χ0v) is 13.8. The first-order valence-corrected chi connectivity index (χ1v) is 7.96. The standard InChI is InChI=1S/C17H17F2NO2S/c1-11-3-7-16(23-11)15(21)6-8-17(22)20(2)10-12-4-5-13(18)9-14(12)19/h3-5,7,9H,6,8,10H2,1-2H3. The van der Waals surface area contributed by atoms with E-state index in [0.29, 0.717) is 4.88 Å². The van der Waals surface area contributed by atoms with Gasteiger partial charge in [0.25, 0.3) is 0 Å². The number of amides is 1. The van der Waals surface area contributed by atoms with Crippen LogP contribution in [0.2, 0.25) is 0 Å². The molecule has 0 fully saturated rings. The summed E-state index contributed by atoms with van der Waals surface area (Å²) < 4.78 is 26.4. The number of aryl methyl sites for hydroxylation is 1. The van der Waals surface area contributed by atoms with Crippen LogP contribution in [-0.4, -0.2) is 23.6 Å². The maximum absolute atomic E-state index is 13.6. The third kappa shape index (κ3) is 4.69. The SMILES string of the molecule is Cc1ccc(C(=O)CCC(=O)N(C)Cc2ccc(F)cc2F)s1. The lowest BCUT2D eigenvalue weighted by Crippen LogP contribution is -2.27.